The first-order valence-corrected chi connectivity index (χ1v) is 32.7. The number of allylic oxidation sites excluding steroid dienone is 1. The van der Waals surface area contributed by atoms with Crippen molar-refractivity contribution < 1.29 is 178 Å². The number of aromatic amines is 2. The van der Waals surface area contributed by atoms with Gasteiger partial charge in [-0.15, -0.1) is 0 Å². The monoisotopic (exact) mass is 1660 g/mol. The van der Waals surface area contributed by atoms with Crippen LogP contribution in [-0.2, 0) is 28.8 Å². The number of carbonyl (C=O) groups excluding carboxylic acids is 10. The second kappa shape index (κ2) is 37.9. The van der Waals surface area contributed by atoms with Crippen LogP contribution in [0.2, 0.25) is 0 Å². The Morgan fingerprint density at radius 1 is 0.453 bits per heavy atom. The normalized spacial score (nSPS) is 13.2. The predicted molar refractivity (Wildman–Crippen MR) is 369 cm³/mol. The third kappa shape index (κ3) is 18.4. The summed E-state index contributed by atoms with van der Waals surface area (Å²) in [5.41, 5.74) is 2.82. The van der Waals surface area contributed by atoms with Crippen LogP contribution in [0.25, 0.3) is 55.2 Å². The first kappa shape index (κ1) is 86.5. The summed E-state index contributed by atoms with van der Waals surface area (Å²) in [6.45, 7) is 15.5. The van der Waals surface area contributed by atoms with Gasteiger partial charge in [-0.2, -0.15) is 22.6 Å². The zero-order valence-corrected chi connectivity index (χ0v) is 67.7. The minimum Gasteiger partial charge on any atom is -1.00 e. The molecule has 41 heteroatoms. The van der Waals surface area contributed by atoms with E-state index in [4.69, 9.17) is 24.1 Å². The number of Topliss-reactive ketones (excluding diaryl/α,β-unsaturated/α-hetero) is 4. The molecule has 0 saturated carbocycles. The van der Waals surface area contributed by atoms with Gasteiger partial charge in [-0.1, -0.05) is 17.6 Å². The number of piperazine rings is 3. The Labute approximate surface area is 697 Å². The van der Waals surface area contributed by atoms with Gasteiger partial charge in [-0.05, 0) is 45.7 Å². The Morgan fingerprint density at radius 3 is 1.02 bits per heavy atom. The van der Waals surface area contributed by atoms with Crippen LogP contribution in [0.5, 0.6) is 23.0 Å². The standard InChI is InChI=1S/2C19H21N7O4.C16H17BrN4O4.C11H9BrN2O3.BrH.K.2Li/c2*1-11-22-10-26(23-11)18-16-15(14(30-3)9-21-18)13(8-20-16)17(28)19(29)25-6-4-24(5-7-25)12(2)27;1-9(22)20-3-5-21(6-4-20)16(24)14(23)10-7-18-13-12(10)11(25-2)8-19-15(13)17;1-5(15)10(16)6-3-13-9-8(6)7(17-2)4-14-11(9)12;;;;/h2*8-10H,4-7H2,1-3H3,(H,20,21,28);7-8,18H,3-6H2,1-2H3;3-4,13,15H,1H2,2H3;1H;;;/q;;;;;3*+1/p-3. The number of rotatable bonds is 14. The van der Waals surface area contributed by atoms with Gasteiger partial charge in [0, 0.05) is 134 Å². The van der Waals surface area contributed by atoms with Gasteiger partial charge < -0.3 is 90.4 Å². The number of aliphatic hydroxyl groups excluding tert-OH is 1. The molecule has 3 aliphatic rings. The van der Waals surface area contributed by atoms with Gasteiger partial charge in [0.2, 0.25) is 35.1 Å². The number of pyridine rings is 4. The van der Waals surface area contributed by atoms with Crippen molar-refractivity contribution in [3.8, 4) is 34.6 Å². The molecule has 3 aliphatic heterocycles. The van der Waals surface area contributed by atoms with E-state index in [1.807, 2.05) is 0 Å². The summed E-state index contributed by atoms with van der Waals surface area (Å²) in [5.74, 6) is -1.60. The van der Waals surface area contributed by atoms with E-state index >= 15 is 0 Å². The van der Waals surface area contributed by atoms with E-state index in [-0.39, 0.29) is 140 Å². The molecule has 6 amide bonds. The molecule has 0 bridgehead atoms. The molecule has 0 aliphatic carbocycles. The maximum absolute atomic E-state index is 13.0. The van der Waals surface area contributed by atoms with Crippen molar-refractivity contribution in [2.75, 3.05) is 107 Å². The fraction of sp³-hybridized carbons (Fsp3) is 0.323. The number of hydrogen-bond donors (Lipinski definition) is 3. The van der Waals surface area contributed by atoms with Crippen LogP contribution in [0.1, 0.15) is 73.9 Å². The van der Waals surface area contributed by atoms with Crippen LogP contribution >= 0.6 is 31.9 Å². The minimum atomic E-state index is -0.681. The molecule has 0 unspecified atom stereocenters. The number of nitrogens with one attached hydrogen (secondary N) is 2. The number of amides is 6. The second-order valence-corrected chi connectivity index (χ2v) is 24.4. The number of aromatic nitrogens is 14. The van der Waals surface area contributed by atoms with E-state index in [0.29, 0.717) is 183 Å². The summed E-state index contributed by atoms with van der Waals surface area (Å²) in [5, 5.41) is 19.5. The van der Waals surface area contributed by atoms with Gasteiger partial charge in [0.25, 0.3) is 23.5 Å². The number of ketones is 4. The molecular weight excluding hydrogens is 1590 g/mol. The summed E-state index contributed by atoms with van der Waals surface area (Å²) >= 11 is 6.58. The number of H-pyrrole nitrogens is 2. The molecule has 10 aromatic rings. The Kier molecular flexibility index (Phi) is 30.9. The van der Waals surface area contributed by atoms with Crippen LogP contribution in [-0.4, -0.2) is 259 Å². The maximum atomic E-state index is 13.0. The summed E-state index contributed by atoms with van der Waals surface area (Å²) in [6.07, 6.45) is 14.6. The Morgan fingerprint density at radius 2 is 0.736 bits per heavy atom. The van der Waals surface area contributed by atoms with E-state index in [0.717, 1.165) is 0 Å². The molecule has 106 heavy (non-hydrogen) atoms. The van der Waals surface area contributed by atoms with Crippen molar-refractivity contribution in [1.82, 2.24) is 98.8 Å². The number of aryl methyl sites for hydroxylation is 2. The SMILES string of the molecule is C=C(O)C(=O)c1c[nH]c2c(Br)ncc(OC)c12.COc1cnc(-n2cnc(C)n2)c2[n-]cc(C(=O)C(=O)N3CCN(C(C)=O)CC3)c12.COc1cnc(-n2cnc(C)n2)c2[n-]cc(C(=O)C(=O)N3CCN(C(C)=O)CC3)c12.COc1cnc(Br)c2[nH]cc(C(=O)C(=O)N3CCN(C(C)=O)CC3)c12.[Br-].[K+].[Li+].[Li+]. The van der Waals surface area contributed by atoms with E-state index < -0.39 is 46.6 Å². The third-order valence-electron chi connectivity index (χ3n) is 16.8. The number of methoxy groups -OCH3 is 4. The molecule has 35 nitrogen and oxygen atoms in total. The van der Waals surface area contributed by atoms with Gasteiger partial charge in [0.15, 0.2) is 5.76 Å². The van der Waals surface area contributed by atoms with E-state index in [1.165, 1.54) is 136 Å². The van der Waals surface area contributed by atoms with Crippen molar-refractivity contribution in [3.63, 3.8) is 0 Å². The summed E-state index contributed by atoms with van der Waals surface area (Å²) in [6, 6.07) is 0. The molecule has 13 rings (SSSR count). The number of aliphatic hydroxyl groups is 1. The van der Waals surface area contributed by atoms with Crippen LogP contribution in [0.4, 0.5) is 0 Å². The molecule has 540 valence electrons. The number of carbonyl (C=O) groups is 10. The molecule has 0 atom stereocenters. The van der Waals surface area contributed by atoms with Gasteiger partial charge in [0.1, 0.15) is 68.1 Å². The largest absolute Gasteiger partial charge is 1.00 e. The van der Waals surface area contributed by atoms with E-state index in [9.17, 15) is 47.9 Å². The molecule has 0 radical (unpaired) electrons. The number of ether oxygens (including phenoxy) is 4. The first-order valence-electron chi connectivity index (χ1n) is 31.1. The number of halogens is 3. The van der Waals surface area contributed by atoms with Crippen molar-refractivity contribution in [2.45, 2.75) is 34.6 Å². The Balaban J connectivity index is 0.000000223. The quantitative estimate of drug-likeness (QED) is 0.0227. The fourth-order valence-electron chi connectivity index (χ4n) is 11.4. The van der Waals surface area contributed by atoms with Crippen molar-refractivity contribution in [2.24, 2.45) is 0 Å². The molecule has 3 N–H and O–H groups in total. The summed E-state index contributed by atoms with van der Waals surface area (Å²) in [4.78, 5) is 172. The van der Waals surface area contributed by atoms with E-state index in [1.54, 1.807) is 28.5 Å². The zero-order valence-electron chi connectivity index (χ0n) is 59.8. The number of nitrogens with zero attached hydrogens (tertiary/aromatic N) is 18. The van der Waals surface area contributed by atoms with Crippen LogP contribution in [0, 0.1) is 13.8 Å². The fourth-order valence-corrected chi connectivity index (χ4v) is 12.3. The molecule has 0 aromatic carbocycles. The summed E-state index contributed by atoms with van der Waals surface area (Å²) < 4.78 is 25.2. The molecular formula is C65H66Br3KLi2N20O15. The van der Waals surface area contributed by atoms with Gasteiger partial charge in [0.05, 0.1) is 86.2 Å². The number of hydrogen-bond acceptors (Lipinski definition) is 23. The smallest absolute Gasteiger partial charge is 1.00 e. The van der Waals surface area contributed by atoms with Crippen LogP contribution in [0.15, 0.2) is 83.8 Å². The second-order valence-electron chi connectivity index (χ2n) is 22.9. The van der Waals surface area contributed by atoms with E-state index in [2.05, 4.69) is 98.5 Å². The minimum absolute atomic E-state index is 0. The van der Waals surface area contributed by atoms with Crippen molar-refractivity contribution in [1.29, 1.82) is 0 Å². The third-order valence-corrected chi connectivity index (χ3v) is 18.0. The molecule has 13 heterocycles. The average Bonchev–Trinajstić information content (AvgIpc) is 1.61. The zero-order chi connectivity index (χ0) is 73.5. The Bertz CT molecular complexity index is 4820. The molecule has 0 spiro atoms. The maximum Gasteiger partial charge on any atom is 1.00 e. The first-order chi connectivity index (χ1) is 48.8. The topological polar surface area (TPSA) is 420 Å². The Hall–Kier alpha value is -8.45. The van der Waals surface area contributed by atoms with Gasteiger partial charge in [-0.25, -0.2) is 39.3 Å². The molecule has 3 fully saturated rings. The summed E-state index contributed by atoms with van der Waals surface area (Å²) in [7, 11) is 5.88. The van der Waals surface area contributed by atoms with Crippen LogP contribution < -0.4 is 135 Å². The number of fused-ring (bicyclic) bond motifs is 4. The molecule has 10 aromatic heterocycles. The predicted octanol–water partition coefficient (Wildman–Crippen LogP) is -8.26. The van der Waals surface area contributed by atoms with Crippen LogP contribution in [0.3, 0.4) is 0 Å². The van der Waals surface area contributed by atoms with Crippen molar-refractivity contribution in [3.05, 3.63) is 118 Å². The average molecular weight is 1660 g/mol. The molecule has 3 saturated heterocycles. The van der Waals surface area contributed by atoms with Gasteiger partial charge >= 0.3 is 89.1 Å². The van der Waals surface area contributed by atoms with Crippen molar-refractivity contribution >= 4 is 134 Å². The van der Waals surface area contributed by atoms with Gasteiger partial charge in [-0.3, -0.25) is 47.9 Å².